The maximum Gasteiger partial charge on any atom is 0.327 e. The predicted octanol–water partition coefficient (Wildman–Crippen LogP) is 1.67. The summed E-state index contributed by atoms with van der Waals surface area (Å²) in [6.07, 6.45) is 6.68. The Bertz CT molecular complexity index is 476. The average Bonchev–Trinajstić information content (AvgIpc) is 2.29. The molecule has 1 aliphatic heterocycles. The quantitative estimate of drug-likeness (QED) is 0.743. The van der Waals surface area contributed by atoms with Crippen molar-refractivity contribution in [2.75, 3.05) is 0 Å². The molecule has 0 bridgehead atoms. The first-order valence-corrected chi connectivity index (χ1v) is 4.96. The third-order valence-corrected chi connectivity index (χ3v) is 2.69. The molecule has 0 spiro atoms. The van der Waals surface area contributed by atoms with Crippen molar-refractivity contribution in [3.8, 4) is 0 Å². The van der Waals surface area contributed by atoms with Crippen molar-refractivity contribution in [3.63, 3.8) is 0 Å². The summed E-state index contributed by atoms with van der Waals surface area (Å²) in [6, 6.07) is 0. The van der Waals surface area contributed by atoms with E-state index in [0.29, 0.717) is 5.57 Å². The molecule has 16 heavy (non-hydrogen) atoms. The van der Waals surface area contributed by atoms with Gasteiger partial charge in [-0.1, -0.05) is 24.3 Å². The number of amides is 1. The third kappa shape index (κ3) is 1.69. The molecule has 2 unspecified atom stereocenters. The van der Waals surface area contributed by atoms with Crippen LogP contribution in [0.5, 0.6) is 0 Å². The molecule has 0 saturated heterocycles. The van der Waals surface area contributed by atoms with Crippen LogP contribution in [0.25, 0.3) is 0 Å². The summed E-state index contributed by atoms with van der Waals surface area (Å²) in [7, 11) is 0. The molecule has 5 nitrogen and oxygen atoms in total. The molecular weight excluding hydrogens is 232 g/mol. The number of azo groups is 1. The fourth-order valence-electron chi connectivity index (χ4n) is 1.54. The van der Waals surface area contributed by atoms with Crippen molar-refractivity contribution in [1.82, 2.24) is 0 Å². The molecule has 2 rings (SSSR count). The van der Waals surface area contributed by atoms with Crippen molar-refractivity contribution < 1.29 is 14.7 Å². The molecule has 0 aromatic heterocycles. The number of aliphatic carboxylic acids is 1. The lowest BCUT2D eigenvalue weighted by Crippen LogP contribution is -2.24. The van der Waals surface area contributed by atoms with Gasteiger partial charge in [0, 0.05) is 0 Å². The molecule has 6 heteroatoms. The highest BCUT2D eigenvalue weighted by Gasteiger charge is 2.32. The average molecular weight is 239 g/mol. The number of halogens is 1. The van der Waals surface area contributed by atoms with Gasteiger partial charge in [-0.15, -0.1) is 21.8 Å². The van der Waals surface area contributed by atoms with E-state index in [1.807, 2.05) is 0 Å². The molecule has 2 atom stereocenters. The Labute approximate surface area is 95.8 Å². The molecule has 0 fully saturated rings. The summed E-state index contributed by atoms with van der Waals surface area (Å²) in [4.78, 5) is 22.2. The Kier molecular flexibility index (Phi) is 2.70. The number of fused-ring (bicyclic) bond motifs is 1. The minimum absolute atomic E-state index is 0.124. The molecule has 0 saturated carbocycles. The SMILES string of the molecule is O=C(O)C(Cl)C1=C2C=CC=CC2C(=O)N=N1. The molecule has 82 valence electrons. The molecule has 1 heterocycles. The molecule has 0 aromatic rings. The van der Waals surface area contributed by atoms with Gasteiger partial charge in [0.25, 0.3) is 5.91 Å². The fourth-order valence-corrected chi connectivity index (χ4v) is 1.71. The van der Waals surface area contributed by atoms with Gasteiger partial charge in [-0.2, -0.15) is 0 Å². The van der Waals surface area contributed by atoms with E-state index in [1.54, 1.807) is 24.3 Å². The zero-order valence-corrected chi connectivity index (χ0v) is 8.76. The van der Waals surface area contributed by atoms with Crippen LogP contribution in [0.2, 0.25) is 0 Å². The summed E-state index contributed by atoms with van der Waals surface area (Å²) >= 11 is 5.68. The van der Waals surface area contributed by atoms with Crippen molar-refractivity contribution in [1.29, 1.82) is 0 Å². The van der Waals surface area contributed by atoms with E-state index in [4.69, 9.17) is 16.7 Å². The Morgan fingerprint density at radius 3 is 2.88 bits per heavy atom. The molecule has 0 radical (unpaired) electrons. The lowest BCUT2D eigenvalue weighted by atomic mass is 9.90. The van der Waals surface area contributed by atoms with Gasteiger partial charge < -0.3 is 5.11 Å². The number of hydrogen-bond donors (Lipinski definition) is 1. The number of hydrogen-bond acceptors (Lipinski definition) is 3. The highest BCUT2D eigenvalue weighted by atomic mass is 35.5. The summed E-state index contributed by atoms with van der Waals surface area (Å²) in [6.45, 7) is 0. The van der Waals surface area contributed by atoms with Crippen molar-refractivity contribution >= 4 is 23.5 Å². The summed E-state index contributed by atoms with van der Waals surface area (Å²) in [5, 5.41) is 14.5. The highest BCUT2D eigenvalue weighted by Crippen LogP contribution is 2.31. The van der Waals surface area contributed by atoms with Crippen LogP contribution in [-0.4, -0.2) is 22.4 Å². The lowest BCUT2D eigenvalue weighted by molar-refractivity contribution is -0.136. The van der Waals surface area contributed by atoms with E-state index in [1.165, 1.54) is 0 Å². The smallest absolute Gasteiger partial charge is 0.327 e. The van der Waals surface area contributed by atoms with Crippen LogP contribution in [0.3, 0.4) is 0 Å². The number of carbonyl (C=O) groups is 2. The Balaban J connectivity index is 2.47. The number of rotatable bonds is 2. The van der Waals surface area contributed by atoms with Crippen LogP contribution in [0, 0.1) is 5.92 Å². The number of carboxylic acids is 1. The summed E-state index contributed by atoms with van der Waals surface area (Å²) < 4.78 is 0. The molecule has 1 aliphatic carbocycles. The van der Waals surface area contributed by atoms with Crippen molar-refractivity contribution in [2.24, 2.45) is 16.1 Å². The third-order valence-electron chi connectivity index (χ3n) is 2.30. The molecule has 1 N–H and O–H groups in total. The predicted molar refractivity (Wildman–Crippen MR) is 55.9 cm³/mol. The first-order valence-electron chi connectivity index (χ1n) is 4.52. The second-order valence-electron chi connectivity index (χ2n) is 3.30. The molecule has 2 aliphatic rings. The van der Waals surface area contributed by atoms with Crippen LogP contribution in [-0.2, 0) is 9.59 Å². The van der Waals surface area contributed by atoms with E-state index in [2.05, 4.69) is 10.2 Å². The number of allylic oxidation sites excluding steroid dienone is 3. The number of nitrogens with zero attached hydrogens (tertiary/aromatic N) is 2. The molecule has 0 aromatic carbocycles. The second-order valence-corrected chi connectivity index (χ2v) is 3.74. The monoisotopic (exact) mass is 238 g/mol. The second kappa shape index (κ2) is 4.02. The highest BCUT2D eigenvalue weighted by molar-refractivity contribution is 6.31. The number of carboxylic acid groups (broad SMARTS) is 1. The fraction of sp³-hybridized carbons (Fsp3) is 0.200. The van der Waals surface area contributed by atoms with Gasteiger partial charge in [0.15, 0.2) is 5.38 Å². The maximum absolute atomic E-state index is 11.4. The lowest BCUT2D eigenvalue weighted by Gasteiger charge is -2.20. The number of alkyl halides is 1. The first kappa shape index (κ1) is 10.8. The van der Waals surface area contributed by atoms with Crippen LogP contribution in [0.15, 0.2) is 45.8 Å². The van der Waals surface area contributed by atoms with Crippen molar-refractivity contribution in [2.45, 2.75) is 5.38 Å². The maximum atomic E-state index is 11.4. The van der Waals surface area contributed by atoms with Gasteiger partial charge in [-0.25, -0.2) is 0 Å². The Hall–Kier alpha value is -1.75. The van der Waals surface area contributed by atoms with E-state index < -0.39 is 23.2 Å². The molecular formula is C10H7ClN2O3. The van der Waals surface area contributed by atoms with Gasteiger partial charge in [0.05, 0.1) is 11.6 Å². The Morgan fingerprint density at radius 2 is 2.19 bits per heavy atom. The van der Waals surface area contributed by atoms with Crippen LogP contribution >= 0.6 is 11.6 Å². The standard InChI is InChI=1S/C10H7ClN2O3/c11-7(10(15)16)8-5-3-1-2-4-6(5)9(14)13-12-8/h1-4,6-7H,(H,15,16). The van der Waals surface area contributed by atoms with E-state index in [-0.39, 0.29) is 5.70 Å². The zero-order valence-electron chi connectivity index (χ0n) is 8.00. The minimum Gasteiger partial charge on any atom is -0.480 e. The van der Waals surface area contributed by atoms with E-state index in [0.717, 1.165) is 0 Å². The van der Waals surface area contributed by atoms with Gasteiger partial charge in [-0.05, 0) is 5.57 Å². The van der Waals surface area contributed by atoms with Crippen LogP contribution in [0.4, 0.5) is 0 Å². The zero-order chi connectivity index (χ0) is 11.7. The van der Waals surface area contributed by atoms with Gasteiger partial charge in [0.1, 0.15) is 0 Å². The van der Waals surface area contributed by atoms with Gasteiger partial charge >= 0.3 is 5.97 Å². The van der Waals surface area contributed by atoms with E-state index >= 15 is 0 Å². The molecule has 1 amide bonds. The van der Waals surface area contributed by atoms with Gasteiger partial charge in [-0.3, -0.25) is 9.59 Å². The van der Waals surface area contributed by atoms with Gasteiger partial charge in [0.2, 0.25) is 0 Å². The summed E-state index contributed by atoms with van der Waals surface area (Å²) in [5.41, 5.74) is 0.629. The first-order chi connectivity index (χ1) is 7.61. The number of carbonyl (C=O) groups excluding carboxylic acids is 1. The normalized spacial score (nSPS) is 24.6. The van der Waals surface area contributed by atoms with Crippen LogP contribution < -0.4 is 0 Å². The largest absolute Gasteiger partial charge is 0.480 e. The van der Waals surface area contributed by atoms with Crippen LogP contribution in [0.1, 0.15) is 0 Å². The van der Waals surface area contributed by atoms with Crippen molar-refractivity contribution in [3.05, 3.63) is 35.6 Å². The van der Waals surface area contributed by atoms with E-state index in [9.17, 15) is 9.59 Å². The Morgan fingerprint density at radius 1 is 1.44 bits per heavy atom. The minimum atomic E-state index is -1.29. The topological polar surface area (TPSA) is 79.1 Å². The summed E-state index contributed by atoms with van der Waals surface area (Å²) in [5.74, 6) is -2.18.